The van der Waals surface area contributed by atoms with E-state index in [0.29, 0.717) is 12.8 Å². The second-order valence-electron chi connectivity index (χ2n) is 3.97. The molecular weight excluding hydrogens is 286 g/mol. The minimum absolute atomic E-state index is 0.331. The lowest BCUT2D eigenvalue weighted by Crippen LogP contribution is -2.36. The van der Waals surface area contributed by atoms with E-state index >= 15 is 0 Å². The summed E-state index contributed by atoms with van der Waals surface area (Å²) in [7, 11) is -4.37. The third-order valence-electron chi connectivity index (χ3n) is 2.56. The zero-order chi connectivity index (χ0) is 13.6. The second-order valence-corrected chi connectivity index (χ2v) is 6.00. The molecule has 8 heteroatoms. The van der Waals surface area contributed by atoms with Gasteiger partial charge in [-0.05, 0) is 25.0 Å². The van der Waals surface area contributed by atoms with Crippen molar-refractivity contribution in [3.63, 3.8) is 0 Å². The second kappa shape index (κ2) is 4.16. The van der Waals surface area contributed by atoms with Gasteiger partial charge < -0.3 is 0 Å². The van der Waals surface area contributed by atoms with Crippen LogP contribution in [0, 0.1) is 23.0 Å². The molecule has 1 N–H and O–H groups in total. The minimum Gasteiger partial charge on any atom is -0.207 e. The standard InChI is InChI=1S/C10H7ClF2N2O2S/c11-6-1-2-7(12)8(13)9(6)18(16,17)15-10(5-14)3-4-10/h1-2,15H,3-4H2. The molecule has 0 atom stereocenters. The highest BCUT2D eigenvalue weighted by Gasteiger charge is 2.47. The van der Waals surface area contributed by atoms with Crippen LogP contribution in [0.3, 0.4) is 0 Å². The maximum absolute atomic E-state index is 13.5. The van der Waals surface area contributed by atoms with Crippen LogP contribution in [0.1, 0.15) is 12.8 Å². The van der Waals surface area contributed by atoms with Gasteiger partial charge in [-0.3, -0.25) is 0 Å². The molecule has 18 heavy (non-hydrogen) atoms. The van der Waals surface area contributed by atoms with E-state index in [-0.39, 0.29) is 0 Å². The number of hydrogen-bond donors (Lipinski definition) is 1. The first-order chi connectivity index (χ1) is 8.31. The monoisotopic (exact) mass is 292 g/mol. The Morgan fingerprint density at radius 2 is 2.00 bits per heavy atom. The zero-order valence-electron chi connectivity index (χ0n) is 8.87. The Morgan fingerprint density at radius 3 is 2.50 bits per heavy atom. The lowest BCUT2D eigenvalue weighted by Gasteiger charge is -2.12. The molecule has 0 aliphatic heterocycles. The predicted molar refractivity (Wildman–Crippen MR) is 59.3 cm³/mol. The van der Waals surface area contributed by atoms with Crippen molar-refractivity contribution in [3.05, 3.63) is 28.8 Å². The van der Waals surface area contributed by atoms with Crippen molar-refractivity contribution < 1.29 is 17.2 Å². The lowest BCUT2D eigenvalue weighted by molar-refractivity contribution is 0.482. The van der Waals surface area contributed by atoms with Crippen molar-refractivity contribution in [3.8, 4) is 6.07 Å². The molecular formula is C10H7ClF2N2O2S. The van der Waals surface area contributed by atoms with Gasteiger partial charge in [0, 0.05) is 0 Å². The third-order valence-corrected chi connectivity index (χ3v) is 4.59. The molecule has 0 unspecified atom stereocenters. The first-order valence-corrected chi connectivity index (χ1v) is 6.76. The van der Waals surface area contributed by atoms with Gasteiger partial charge in [-0.2, -0.15) is 9.98 Å². The third kappa shape index (κ3) is 2.19. The molecule has 0 radical (unpaired) electrons. The first-order valence-electron chi connectivity index (χ1n) is 4.90. The number of halogens is 3. The van der Waals surface area contributed by atoms with Crippen molar-refractivity contribution >= 4 is 21.6 Å². The molecule has 0 spiro atoms. The Labute approximate surface area is 107 Å². The highest BCUT2D eigenvalue weighted by atomic mass is 35.5. The molecule has 1 aromatic carbocycles. The normalized spacial score (nSPS) is 17.2. The van der Waals surface area contributed by atoms with E-state index < -0.39 is 37.1 Å². The molecule has 0 aromatic heterocycles. The van der Waals surface area contributed by atoms with Gasteiger partial charge in [-0.25, -0.2) is 17.2 Å². The van der Waals surface area contributed by atoms with Gasteiger partial charge in [0.2, 0.25) is 10.0 Å². The van der Waals surface area contributed by atoms with Gasteiger partial charge in [0.05, 0.1) is 11.1 Å². The fraction of sp³-hybridized carbons (Fsp3) is 0.300. The van der Waals surface area contributed by atoms with Gasteiger partial charge in [-0.15, -0.1) is 0 Å². The average Bonchev–Trinajstić information content (AvgIpc) is 3.03. The Morgan fingerprint density at radius 1 is 1.39 bits per heavy atom. The molecule has 0 heterocycles. The fourth-order valence-corrected chi connectivity index (χ4v) is 3.40. The van der Waals surface area contributed by atoms with Crippen molar-refractivity contribution in [1.29, 1.82) is 5.26 Å². The molecule has 0 saturated heterocycles. The van der Waals surface area contributed by atoms with Crippen molar-refractivity contribution in [2.24, 2.45) is 0 Å². The van der Waals surface area contributed by atoms with Crippen LogP contribution >= 0.6 is 11.6 Å². The van der Waals surface area contributed by atoms with Gasteiger partial charge in [-0.1, -0.05) is 11.6 Å². The van der Waals surface area contributed by atoms with Crippen molar-refractivity contribution in [2.75, 3.05) is 0 Å². The van der Waals surface area contributed by atoms with Crippen molar-refractivity contribution in [1.82, 2.24) is 4.72 Å². The van der Waals surface area contributed by atoms with E-state index in [1.54, 1.807) is 6.07 Å². The van der Waals surface area contributed by atoms with E-state index in [1.165, 1.54) is 0 Å². The summed E-state index contributed by atoms with van der Waals surface area (Å²) in [6.07, 6.45) is 0.661. The summed E-state index contributed by atoms with van der Waals surface area (Å²) in [6.45, 7) is 0. The molecule has 4 nitrogen and oxygen atoms in total. The molecule has 1 aromatic rings. The maximum atomic E-state index is 13.5. The molecule has 1 saturated carbocycles. The number of hydrogen-bond acceptors (Lipinski definition) is 3. The van der Waals surface area contributed by atoms with Gasteiger partial charge >= 0.3 is 0 Å². The van der Waals surface area contributed by atoms with E-state index in [9.17, 15) is 17.2 Å². The minimum atomic E-state index is -4.37. The van der Waals surface area contributed by atoms with E-state index in [1.807, 2.05) is 4.72 Å². The van der Waals surface area contributed by atoms with Gasteiger partial charge in [0.1, 0.15) is 10.4 Å². The van der Waals surface area contributed by atoms with Gasteiger partial charge in [0.15, 0.2) is 11.6 Å². The zero-order valence-corrected chi connectivity index (χ0v) is 10.4. The maximum Gasteiger partial charge on any atom is 0.246 e. The first kappa shape index (κ1) is 13.2. The van der Waals surface area contributed by atoms with Crippen LogP contribution in [0.4, 0.5) is 8.78 Å². The summed E-state index contributed by atoms with van der Waals surface area (Å²) in [4.78, 5) is -0.967. The summed E-state index contributed by atoms with van der Waals surface area (Å²) in [5.74, 6) is -2.87. The molecule has 2 rings (SSSR count). The van der Waals surface area contributed by atoms with Crippen LogP contribution < -0.4 is 4.72 Å². The summed E-state index contributed by atoms with van der Waals surface area (Å²) < 4.78 is 52.3. The fourth-order valence-electron chi connectivity index (χ4n) is 1.42. The van der Waals surface area contributed by atoms with E-state index in [4.69, 9.17) is 16.9 Å². The SMILES string of the molecule is N#CC1(NS(=O)(=O)c2c(Cl)ccc(F)c2F)CC1. The summed E-state index contributed by atoms with van der Waals surface area (Å²) in [5, 5.41) is 8.35. The van der Waals surface area contributed by atoms with E-state index in [2.05, 4.69) is 0 Å². The topological polar surface area (TPSA) is 70.0 Å². The molecule has 0 amide bonds. The lowest BCUT2D eigenvalue weighted by atomic mass is 10.3. The molecule has 1 aliphatic rings. The average molecular weight is 293 g/mol. The van der Waals surface area contributed by atoms with Crippen LogP contribution in [-0.4, -0.2) is 14.0 Å². The highest BCUT2D eigenvalue weighted by molar-refractivity contribution is 7.89. The number of nitriles is 1. The number of nitrogens with one attached hydrogen (secondary N) is 1. The smallest absolute Gasteiger partial charge is 0.207 e. The molecule has 96 valence electrons. The van der Waals surface area contributed by atoms with Crippen LogP contribution in [0.15, 0.2) is 17.0 Å². The number of benzene rings is 1. The molecule has 1 aliphatic carbocycles. The Bertz CT molecular complexity index is 651. The van der Waals surface area contributed by atoms with E-state index in [0.717, 1.165) is 12.1 Å². The quantitative estimate of drug-likeness (QED) is 0.866. The van der Waals surface area contributed by atoms with Crippen LogP contribution in [0.2, 0.25) is 5.02 Å². The predicted octanol–water partition coefficient (Wildman–Crippen LogP) is 1.95. The van der Waals surface area contributed by atoms with Crippen LogP contribution in [0.25, 0.3) is 0 Å². The highest BCUT2D eigenvalue weighted by Crippen LogP contribution is 2.37. The van der Waals surface area contributed by atoms with Crippen LogP contribution in [0.5, 0.6) is 0 Å². The number of rotatable bonds is 3. The van der Waals surface area contributed by atoms with Crippen molar-refractivity contribution in [2.45, 2.75) is 23.3 Å². The summed E-state index contributed by atoms with van der Waals surface area (Å²) in [6, 6.07) is 3.46. The Kier molecular flexibility index (Phi) is 3.05. The largest absolute Gasteiger partial charge is 0.246 e. The summed E-state index contributed by atoms with van der Waals surface area (Å²) >= 11 is 5.57. The van der Waals surface area contributed by atoms with Crippen LogP contribution in [-0.2, 0) is 10.0 Å². The molecule has 0 bridgehead atoms. The number of sulfonamides is 1. The Balaban J connectivity index is 2.49. The summed E-state index contributed by atoms with van der Waals surface area (Å²) in [5.41, 5.74) is -1.22. The Hall–Kier alpha value is -1.23. The molecule has 1 fully saturated rings. The number of nitrogens with zero attached hydrogens (tertiary/aromatic N) is 1. The van der Waals surface area contributed by atoms with Gasteiger partial charge in [0.25, 0.3) is 0 Å².